The molecule has 0 aliphatic carbocycles. The minimum Gasteiger partial charge on any atom is -0.478 e. The molecule has 0 saturated heterocycles. The maximum absolute atomic E-state index is 9.25. The summed E-state index contributed by atoms with van der Waals surface area (Å²) in [4.78, 5) is 27.8. The molecule has 0 fully saturated rings. The van der Waals surface area contributed by atoms with Crippen LogP contribution in [0.4, 0.5) is 0 Å². The fourth-order valence-electron chi connectivity index (χ4n) is 0. The van der Waals surface area contributed by atoms with E-state index in [1.165, 1.54) is 0 Å². The molecule has 0 spiro atoms. The minimum absolute atomic E-state index is 0.833. The molecule has 0 aromatic heterocycles. The van der Waals surface area contributed by atoms with Gasteiger partial charge in [-0.2, -0.15) is 0 Å². The Hall–Kier alpha value is -2.49. The molecule has 0 unspecified atom stereocenters. The van der Waals surface area contributed by atoms with Crippen molar-refractivity contribution >= 4 is 17.9 Å². The Balaban J connectivity index is -0.0000000793. The fourth-order valence-corrected chi connectivity index (χ4v) is 0. The van der Waals surface area contributed by atoms with Crippen molar-refractivity contribution in [2.75, 3.05) is 0 Å². The van der Waals surface area contributed by atoms with Crippen LogP contribution in [0.2, 0.25) is 0 Å². The minimum atomic E-state index is -2.17. The van der Waals surface area contributed by atoms with Gasteiger partial charge in [-0.1, -0.05) is 19.7 Å². The van der Waals surface area contributed by atoms with Gasteiger partial charge < -0.3 is 30.6 Å². The summed E-state index contributed by atoms with van der Waals surface area (Å²) in [6, 6.07) is 0. The molecule has 0 aromatic rings. The number of rotatable bonds is 3. The Labute approximate surface area is 108 Å². The summed E-state index contributed by atoms with van der Waals surface area (Å²) in [5.74, 6) is -2.94. The zero-order chi connectivity index (χ0) is 16.4. The lowest BCUT2D eigenvalue weighted by Crippen LogP contribution is -1.98. The SMILES string of the molecule is C=CC(=O)O.C=CC(=O)O.C=CC(=O)O.OC(O)O. The molecular formula is C10H16O9. The summed E-state index contributed by atoms with van der Waals surface area (Å²) >= 11 is 0. The van der Waals surface area contributed by atoms with Crippen LogP contribution in [0, 0.1) is 0 Å². The molecule has 9 heteroatoms. The molecule has 19 heavy (non-hydrogen) atoms. The first-order chi connectivity index (χ1) is 8.54. The van der Waals surface area contributed by atoms with E-state index in [0.717, 1.165) is 18.2 Å². The Bertz CT molecular complexity index is 248. The number of carbonyl (C=O) groups is 3. The first kappa shape index (κ1) is 25.4. The average Bonchev–Trinajstić information content (AvgIpc) is 2.29. The van der Waals surface area contributed by atoms with Gasteiger partial charge in [0.25, 0.3) is 6.48 Å². The summed E-state index contributed by atoms with van der Waals surface area (Å²) < 4.78 is 0. The van der Waals surface area contributed by atoms with Crippen LogP contribution in [0.1, 0.15) is 0 Å². The van der Waals surface area contributed by atoms with Crippen molar-refractivity contribution in [2.45, 2.75) is 6.48 Å². The molecule has 0 amide bonds. The molecule has 0 heterocycles. The molecule has 0 radical (unpaired) electrons. The van der Waals surface area contributed by atoms with Crippen LogP contribution in [-0.2, 0) is 14.4 Å². The van der Waals surface area contributed by atoms with Gasteiger partial charge >= 0.3 is 17.9 Å². The zero-order valence-electron chi connectivity index (χ0n) is 9.84. The smallest absolute Gasteiger partial charge is 0.327 e. The lowest BCUT2D eigenvalue weighted by molar-refractivity contribution is -0.198. The van der Waals surface area contributed by atoms with Gasteiger partial charge in [0.2, 0.25) is 0 Å². The Morgan fingerprint density at radius 3 is 0.737 bits per heavy atom. The predicted molar refractivity (Wildman–Crippen MR) is 63.9 cm³/mol. The Kier molecular flexibility index (Phi) is 27.9. The van der Waals surface area contributed by atoms with Gasteiger partial charge in [0.1, 0.15) is 0 Å². The number of carboxylic acid groups (broad SMARTS) is 3. The largest absolute Gasteiger partial charge is 0.478 e. The van der Waals surface area contributed by atoms with Gasteiger partial charge in [-0.3, -0.25) is 0 Å². The first-order valence-corrected chi connectivity index (χ1v) is 4.15. The van der Waals surface area contributed by atoms with Crippen molar-refractivity contribution in [3.05, 3.63) is 38.0 Å². The van der Waals surface area contributed by atoms with E-state index in [2.05, 4.69) is 19.7 Å². The highest BCUT2D eigenvalue weighted by Crippen LogP contribution is 1.55. The number of aliphatic hydroxyl groups excluding tert-OH is 1. The monoisotopic (exact) mass is 280 g/mol. The highest BCUT2D eigenvalue weighted by Gasteiger charge is 1.74. The van der Waals surface area contributed by atoms with E-state index in [1.807, 2.05) is 0 Å². The molecule has 0 rings (SSSR count). The van der Waals surface area contributed by atoms with E-state index < -0.39 is 24.4 Å². The van der Waals surface area contributed by atoms with Crippen molar-refractivity contribution in [3.63, 3.8) is 0 Å². The number of aliphatic hydroxyl groups is 3. The molecule has 0 saturated carbocycles. The third-order valence-electron chi connectivity index (χ3n) is 0.524. The second-order valence-electron chi connectivity index (χ2n) is 1.97. The highest BCUT2D eigenvalue weighted by atomic mass is 16.6. The zero-order valence-corrected chi connectivity index (χ0v) is 9.84. The lowest BCUT2D eigenvalue weighted by Gasteiger charge is -1.80. The van der Waals surface area contributed by atoms with E-state index in [-0.39, 0.29) is 0 Å². The maximum atomic E-state index is 9.25. The standard InChI is InChI=1S/3C3H4O2.CH4O3/c3*1-2-3(4)5;2-1(3)4/h3*2H,1H2,(H,4,5);1-4H. The van der Waals surface area contributed by atoms with E-state index >= 15 is 0 Å². The first-order valence-electron chi connectivity index (χ1n) is 4.15. The quantitative estimate of drug-likeness (QED) is 0.280. The highest BCUT2D eigenvalue weighted by molar-refractivity contribution is 5.79. The van der Waals surface area contributed by atoms with Crippen LogP contribution in [0.15, 0.2) is 38.0 Å². The molecule has 0 aliphatic rings. The summed E-state index contributed by atoms with van der Waals surface area (Å²) in [5, 5.41) is 44.3. The topological polar surface area (TPSA) is 173 Å². The number of carboxylic acids is 3. The van der Waals surface area contributed by atoms with Crippen LogP contribution in [0.3, 0.4) is 0 Å². The van der Waals surface area contributed by atoms with Crippen LogP contribution in [-0.4, -0.2) is 55.0 Å². The normalized spacial score (nSPS) is 6.95. The van der Waals surface area contributed by atoms with Crippen molar-refractivity contribution in [1.29, 1.82) is 0 Å². The second-order valence-corrected chi connectivity index (χ2v) is 1.97. The molecule has 0 aliphatic heterocycles. The van der Waals surface area contributed by atoms with Crippen molar-refractivity contribution in [2.24, 2.45) is 0 Å². The van der Waals surface area contributed by atoms with Crippen molar-refractivity contribution in [1.82, 2.24) is 0 Å². The van der Waals surface area contributed by atoms with Crippen molar-refractivity contribution < 1.29 is 45.0 Å². The van der Waals surface area contributed by atoms with E-state index in [1.54, 1.807) is 0 Å². The third-order valence-corrected chi connectivity index (χ3v) is 0.524. The molecule has 110 valence electrons. The fraction of sp³-hybridized carbons (Fsp3) is 0.100. The van der Waals surface area contributed by atoms with Gasteiger partial charge in [0, 0.05) is 18.2 Å². The van der Waals surface area contributed by atoms with Crippen LogP contribution in [0.5, 0.6) is 0 Å². The van der Waals surface area contributed by atoms with E-state index in [4.69, 9.17) is 30.6 Å². The van der Waals surface area contributed by atoms with Gasteiger partial charge in [-0.05, 0) is 0 Å². The Morgan fingerprint density at radius 2 is 0.737 bits per heavy atom. The van der Waals surface area contributed by atoms with Crippen LogP contribution < -0.4 is 0 Å². The molecular weight excluding hydrogens is 264 g/mol. The van der Waals surface area contributed by atoms with Crippen LogP contribution in [0.25, 0.3) is 0 Å². The van der Waals surface area contributed by atoms with Gasteiger partial charge in [-0.15, -0.1) is 0 Å². The number of hydrogen-bond acceptors (Lipinski definition) is 6. The third kappa shape index (κ3) is 230. The Morgan fingerprint density at radius 1 is 0.684 bits per heavy atom. The van der Waals surface area contributed by atoms with Gasteiger partial charge in [0.15, 0.2) is 0 Å². The summed E-state index contributed by atoms with van der Waals surface area (Å²) in [6.07, 6.45) is 2.50. The van der Waals surface area contributed by atoms with E-state index in [0.29, 0.717) is 0 Å². The van der Waals surface area contributed by atoms with Gasteiger partial charge in [0.05, 0.1) is 0 Å². The van der Waals surface area contributed by atoms with Crippen LogP contribution >= 0.6 is 0 Å². The molecule has 0 atom stereocenters. The molecule has 9 nitrogen and oxygen atoms in total. The predicted octanol–water partition coefficient (Wildman–Crippen LogP) is -0.982. The summed E-state index contributed by atoms with van der Waals surface area (Å²) in [7, 11) is 0. The van der Waals surface area contributed by atoms with E-state index in [9.17, 15) is 14.4 Å². The molecule has 0 bridgehead atoms. The number of aliphatic carboxylic acids is 3. The second kappa shape index (κ2) is 20.9. The molecule has 6 N–H and O–H groups in total. The lowest BCUT2D eigenvalue weighted by atomic mass is 10.7. The maximum Gasteiger partial charge on any atom is 0.327 e. The molecule has 0 aromatic carbocycles. The summed E-state index contributed by atoms with van der Waals surface area (Å²) in [5.41, 5.74) is 0. The van der Waals surface area contributed by atoms with Gasteiger partial charge in [-0.25, -0.2) is 14.4 Å². The average molecular weight is 280 g/mol. The summed E-state index contributed by atoms with van der Waals surface area (Å²) in [6.45, 7) is 6.72. The van der Waals surface area contributed by atoms with Crippen molar-refractivity contribution in [3.8, 4) is 0 Å². The number of hydrogen-bond donors (Lipinski definition) is 6.